The van der Waals surface area contributed by atoms with Crippen LogP contribution in [0.4, 0.5) is 13.2 Å². The summed E-state index contributed by atoms with van der Waals surface area (Å²) in [6.07, 6.45) is -0.176. The van der Waals surface area contributed by atoms with E-state index < -0.39 is 18.6 Å². The van der Waals surface area contributed by atoms with Crippen molar-refractivity contribution in [2.24, 2.45) is 5.92 Å². The maximum absolute atomic E-state index is 12.3. The summed E-state index contributed by atoms with van der Waals surface area (Å²) in [4.78, 5) is 12.6. The second-order valence-corrected chi connectivity index (χ2v) is 4.91. The number of alkyl halides is 3. The van der Waals surface area contributed by atoms with Crippen LogP contribution in [0.1, 0.15) is 25.7 Å². The van der Waals surface area contributed by atoms with Gasteiger partial charge < -0.3 is 10.2 Å². The Hall–Kier alpha value is -0.750. The van der Waals surface area contributed by atoms with Gasteiger partial charge in [-0.1, -0.05) is 6.08 Å². The average Bonchev–Trinajstić information content (AvgIpc) is 2.35. The molecule has 0 unspecified atom stereocenters. The topological polar surface area (TPSA) is 32.3 Å². The summed E-state index contributed by atoms with van der Waals surface area (Å²) in [5.41, 5.74) is 0. The molecule has 1 aliphatic rings. The lowest BCUT2D eigenvalue weighted by Gasteiger charge is -2.25. The molecule has 1 aliphatic heterocycles. The van der Waals surface area contributed by atoms with Crippen molar-refractivity contribution in [1.82, 2.24) is 10.2 Å². The van der Waals surface area contributed by atoms with Gasteiger partial charge in [0.2, 0.25) is 5.91 Å². The second-order valence-electron chi connectivity index (χ2n) is 4.91. The molecular formula is C13H22ClF3N2O. The van der Waals surface area contributed by atoms with Gasteiger partial charge in [0.25, 0.3) is 0 Å². The monoisotopic (exact) mass is 314 g/mol. The largest absolute Gasteiger partial charge is 0.406 e. The van der Waals surface area contributed by atoms with Crippen LogP contribution in [-0.2, 0) is 4.79 Å². The van der Waals surface area contributed by atoms with Crippen molar-refractivity contribution in [2.45, 2.75) is 31.9 Å². The van der Waals surface area contributed by atoms with Gasteiger partial charge in [-0.15, -0.1) is 19.0 Å². The number of nitrogens with zero attached hydrogens (tertiary/aromatic N) is 1. The summed E-state index contributed by atoms with van der Waals surface area (Å²) in [6, 6.07) is 0. The number of piperidine rings is 1. The van der Waals surface area contributed by atoms with Gasteiger partial charge in [-0.25, -0.2) is 0 Å². The lowest BCUT2D eigenvalue weighted by atomic mass is 9.93. The van der Waals surface area contributed by atoms with E-state index in [-0.39, 0.29) is 25.4 Å². The Kier molecular flexibility index (Phi) is 8.89. The van der Waals surface area contributed by atoms with Crippen molar-refractivity contribution < 1.29 is 18.0 Å². The number of amides is 1. The van der Waals surface area contributed by atoms with E-state index in [9.17, 15) is 18.0 Å². The number of halogens is 4. The van der Waals surface area contributed by atoms with Gasteiger partial charge in [-0.05, 0) is 38.3 Å². The third kappa shape index (κ3) is 7.75. The van der Waals surface area contributed by atoms with Gasteiger partial charge in [-0.2, -0.15) is 13.2 Å². The zero-order valence-electron chi connectivity index (χ0n) is 11.4. The molecule has 0 aromatic rings. The number of hydrogen-bond acceptors (Lipinski definition) is 2. The van der Waals surface area contributed by atoms with Gasteiger partial charge in [0.1, 0.15) is 6.54 Å². The fourth-order valence-corrected chi connectivity index (χ4v) is 2.28. The van der Waals surface area contributed by atoms with E-state index in [1.165, 1.54) is 6.08 Å². The zero-order chi connectivity index (χ0) is 14.3. The predicted molar refractivity (Wildman–Crippen MR) is 74.9 cm³/mol. The zero-order valence-corrected chi connectivity index (χ0v) is 12.2. The van der Waals surface area contributed by atoms with Gasteiger partial charge in [-0.3, -0.25) is 4.79 Å². The Bertz CT molecular complexity index is 304. The molecule has 0 bridgehead atoms. The molecule has 0 aromatic carbocycles. The molecule has 0 aromatic heterocycles. The molecule has 0 aliphatic carbocycles. The normalized spacial score (nSPS) is 16.4. The first kappa shape index (κ1) is 19.2. The van der Waals surface area contributed by atoms with Crippen molar-refractivity contribution in [3.63, 3.8) is 0 Å². The Morgan fingerprint density at radius 2 is 1.95 bits per heavy atom. The molecule has 1 heterocycles. The molecule has 0 saturated carbocycles. The highest BCUT2D eigenvalue weighted by molar-refractivity contribution is 5.85. The van der Waals surface area contributed by atoms with Crippen LogP contribution in [0.15, 0.2) is 12.7 Å². The van der Waals surface area contributed by atoms with Crippen molar-refractivity contribution in [2.75, 3.05) is 26.2 Å². The number of carbonyl (C=O) groups excluding carboxylic acids is 1. The van der Waals surface area contributed by atoms with Crippen molar-refractivity contribution in [3.05, 3.63) is 12.7 Å². The molecule has 0 spiro atoms. The minimum Gasteiger partial charge on any atom is -0.330 e. The standard InChI is InChI=1S/C13H21F3N2O.ClH/c1-2-9-18(10-13(14,15)16)12(19)4-3-11-5-7-17-8-6-11;/h2,11,17H,1,3-10H2;1H. The fraction of sp³-hybridized carbons (Fsp3) is 0.769. The van der Waals surface area contributed by atoms with Crippen LogP contribution in [0.2, 0.25) is 0 Å². The van der Waals surface area contributed by atoms with E-state index in [0.29, 0.717) is 12.3 Å². The van der Waals surface area contributed by atoms with Gasteiger partial charge >= 0.3 is 6.18 Å². The molecule has 1 saturated heterocycles. The lowest BCUT2D eigenvalue weighted by Crippen LogP contribution is -2.39. The predicted octanol–water partition coefficient (Wildman–Crippen LogP) is 2.76. The number of hydrogen-bond donors (Lipinski definition) is 1. The maximum atomic E-state index is 12.3. The lowest BCUT2D eigenvalue weighted by molar-refractivity contribution is -0.160. The van der Waals surface area contributed by atoms with E-state index >= 15 is 0 Å². The van der Waals surface area contributed by atoms with Gasteiger partial charge in [0, 0.05) is 13.0 Å². The summed E-state index contributed by atoms with van der Waals surface area (Å²) < 4.78 is 37.0. The molecule has 118 valence electrons. The molecule has 3 nitrogen and oxygen atoms in total. The molecule has 1 rings (SSSR count). The van der Waals surface area contributed by atoms with E-state index in [0.717, 1.165) is 30.8 Å². The fourth-order valence-electron chi connectivity index (χ4n) is 2.28. The summed E-state index contributed by atoms with van der Waals surface area (Å²) >= 11 is 0. The average molecular weight is 315 g/mol. The quantitative estimate of drug-likeness (QED) is 0.765. The minimum atomic E-state index is -4.35. The molecule has 1 fully saturated rings. The van der Waals surface area contributed by atoms with Crippen molar-refractivity contribution in [3.8, 4) is 0 Å². The Morgan fingerprint density at radius 1 is 1.35 bits per heavy atom. The van der Waals surface area contributed by atoms with Gasteiger partial charge in [0.05, 0.1) is 0 Å². The molecule has 1 amide bonds. The van der Waals surface area contributed by atoms with Crippen LogP contribution in [0.3, 0.4) is 0 Å². The number of carbonyl (C=O) groups is 1. The summed E-state index contributed by atoms with van der Waals surface area (Å²) in [6.45, 7) is 4.01. The minimum absolute atomic E-state index is 0. The first-order valence-corrected chi connectivity index (χ1v) is 6.58. The van der Waals surface area contributed by atoms with Gasteiger partial charge in [0.15, 0.2) is 0 Å². The van der Waals surface area contributed by atoms with Crippen LogP contribution in [0, 0.1) is 5.92 Å². The smallest absolute Gasteiger partial charge is 0.330 e. The Morgan fingerprint density at radius 3 is 2.45 bits per heavy atom. The molecule has 0 atom stereocenters. The van der Waals surface area contributed by atoms with Crippen LogP contribution < -0.4 is 5.32 Å². The summed E-state index contributed by atoms with van der Waals surface area (Å²) in [5.74, 6) is 0.0115. The van der Waals surface area contributed by atoms with Crippen LogP contribution in [-0.4, -0.2) is 43.2 Å². The second kappa shape index (κ2) is 9.23. The van der Waals surface area contributed by atoms with E-state index in [4.69, 9.17) is 0 Å². The highest BCUT2D eigenvalue weighted by Crippen LogP contribution is 2.20. The summed E-state index contributed by atoms with van der Waals surface area (Å²) in [7, 11) is 0. The Balaban J connectivity index is 0.00000361. The van der Waals surface area contributed by atoms with Crippen molar-refractivity contribution in [1.29, 1.82) is 0 Å². The molecule has 0 radical (unpaired) electrons. The van der Waals surface area contributed by atoms with Crippen LogP contribution >= 0.6 is 12.4 Å². The molecule has 20 heavy (non-hydrogen) atoms. The highest BCUT2D eigenvalue weighted by Gasteiger charge is 2.32. The first-order chi connectivity index (χ1) is 8.92. The first-order valence-electron chi connectivity index (χ1n) is 6.58. The van der Waals surface area contributed by atoms with Crippen LogP contribution in [0.25, 0.3) is 0 Å². The third-order valence-corrected chi connectivity index (χ3v) is 3.30. The van der Waals surface area contributed by atoms with E-state index in [1.54, 1.807) is 0 Å². The van der Waals surface area contributed by atoms with E-state index in [2.05, 4.69) is 11.9 Å². The number of rotatable bonds is 6. The third-order valence-electron chi connectivity index (χ3n) is 3.30. The molecule has 1 N–H and O–H groups in total. The molecular weight excluding hydrogens is 293 g/mol. The highest BCUT2D eigenvalue weighted by atomic mass is 35.5. The Labute approximate surface area is 124 Å². The SMILES string of the molecule is C=CCN(CC(F)(F)F)C(=O)CCC1CCNCC1.Cl. The van der Waals surface area contributed by atoms with Crippen LogP contribution in [0.5, 0.6) is 0 Å². The van der Waals surface area contributed by atoms with Crippen molar-refractivity contribution >= 4 is 18.3 Å². The number of nitrogens with one attached hydrogen (secondary N) is 1. The van der Waals surface area contributed by atoms with E-state index in [1.807, 2.05) is 0 Å². The summed E-state index contributed by atoms with van der Waals surface area (Å²) in [5, 5.41) is 3.22. The molecule has 7 heteroatoms. The maximum Gasteiger partial charge on any atom is 0.406 e.